The fourth-order valence-corrected chi connectivity index (χ4v) is 2.95. The first-order valence-electron chi connectivity index (χ1n) is 6.39. The molecule has 0 saturated heterocycles. The number of hydrogen-bond donors (Lipinski definition) is 0. The molecule has 2 unspecified atom stereocenters. The van der Waals surface area contributed by atoms with Crippen molar-refractivity contribution in [1.29, 1.82) is 0 Å². The molecule has 3 nitrogen and oxygen atoms in total. The second kappa shape index (κ2) is 5.21. The van der Waals surface area contributed by atoms with Gasteiger partial charge in [-0.3, -0.25) is 9.48 Å². The molecule has 0 aromatic carbocycles. The predicted octanol–water partition coefficient (Wildman–Crippen LogP) is 3.57. The molecule has 1 aliphatic carbocycles. The van der Waals surface area contributed by atoms with E-state index in [9.17, 15) is 4.79 Å². The van der Waals surface area contributed by atoms with Gasteiger partial charge in [0.15, 0.2) is 5.78 Å². The molecule has 0 aliphatic heterocycles. The molecule has 0 spiro atoms. The molecule has 0 bridgehead atoms. The summed E-state index contributed by atoms with van der Waals surface area (Å²) in [4.78, 5) is 12.5. The Hall–Kier alpha value is -0.830. The van der Waals surface area contributed by atoms with E-state index < -0.39 is 0 Å². The number of Topliss-reactive ketones (excluding diaryl/α,β-unsaturated/α-hetero) is 1. The van der Waals surface area contributed by atoms with E-state index in [-0.39, 0.29) is 11.7 Å². The Morgan fingerprint density at radius 2 is 2.35 bits per heavy atom. The van der Waals surface area contributed by atoms with Gasteiger partial charge < -0.3 is 0 Å². The van der Waals surface area contributed by atoms with Gasteiger partial charge in [0.1, 0.15) is 5.69 Å². The van der Waals surface area contributed by atoms with Crippen LogP contribution in [0.3, 0.4) is 0 Å². The van der Waals surface area contributed by atoms with E-state index in [1.165, 1.54) is 6.42 Å². The first kappa shape index (κ1) is 12.6. The van der Waals surface area contributed by atoms with Gasteiger partial charge in [0.05, 0.1) is 11.2 Å². The highest BCUT2D eigenvalue weighted by Crippen LogP contribution is 2.32. The fraction of sp³-hybridized carbons (Fsp3) is 0.692. The van der Waals surface area contributed by atoms with Gasteiger partial charge in [0, 0.05) is 12.5 Å². The molecular weight excluding hydrogens is 236 g/mol. The van der Waals surface area contributed by atoms with Crippen LogP contribution in [0.1, 0.15) is 50.0 Å². The molecule has 1 fully saturated rings. The lowest BCUT2D eigenvalue weighted by Gasteiger charge is -2.25. The van der Waals surface area contributed by atoms with Crippen LogP contribution in [0.5, 0.6) is 0 Å². The van der Waals surface area contributed by atoms with Crippen molar-refractivity contribution in [2.45, 2.75) is 46.1 Å². The maximum atomic E-state index is 12.5. The molecule has 2 atom stereocenters. The summed E-state index contributed by atoms with van der Waals surface area (Å²) in [6.07, 6.45) is 5.95. The van der Waals surface area contributed by atoms with Gasteiger partial charge in [-0.05, 0) is 25.7 Å². The maximum Gasteiger partial charge on any atom is 0.185 e. The summed E-state index contributed by atoms with van der Waals surface area (Å²) in [5, 5.41) is 4.63. The van der Waals surface area contributed by atoms with E-state index in [2.05, 4.69) is 12.0 Å². The molecule has 1 aliphatic rings. The Balaban J connectivity index is 2.21. The van der Waals surface area contributed by atoms with Crippen LogP contribution in [0, 0.1) is 11.8 Å². The van der Waals surface area contributed by atoms with Crippen LogP contribution in [0.2, 0.25) is 5.02 Å². The minimum atomic E-state index is 0.137. The van der Waals surface area contributed by atoms with E-state index >= 15 is 0 Å². The number of rotatable bonds is 3. The normalized spacial score (nSPS) is 24.9. The Morgan fingerprint density at radius 1 is 1.59 bits per heavy atom. The van der Waals surface area contributed by atoms with E-state index in [0.29, 0.717) is 23.2 Å². The van der Waals surface area contributed by atoms with Gasteiger partial charge in [0.25, 0.3) is 0 Å². The van der Waals surface area contributed by atoms with Gasteiger partial charge in [0.2, 0.25) is 0 Å². The fourth-order valence-electron chi connectivity index (χ4n) is 2.71. The molecule has 0 N–H and O–H groups in total. The van der Waals surface area contributed by atoms with Crippen LogP contribution in [0.15, 0.2) is 6.20 Å². The summed E-state index contributed by atoms with van der Waals surface area (Å²) >= 11 is 6.07. The summed E-state index contributed by atoms with van der Waals surface area (Å²) in [6.45, 7) is 4.89. The van der Waals surface area contributed by atoms with Gasteiger partial charge >= 0.3 is 0 Å². The Bertz CT molecular complexity index is 414. The minimum Gasteiger partial charge on any atom is -0.292 e. The van der Waals surface area contributed by atoms with E-state index in [1.54, 1.807) is 10.9 Å². The minimum absolute atomic E-state index is 0.137. The zero-order chi connectivity index (χ0) is 12.4. The molecular formula is C13H19ClN2O. The van der Waals surface area contributed by atoms with Crippen molar-refractivity contribution in [3.8, 4) is 0 Å². The lowest BCUT2D eigenvalue weighted by molar-refractivity contribution is 0.0857. The van der Waals surface area contributed by atoms with Crippen molar-refractivity contribution in [2.75, 3.05) is 0 Å². The van der Waals surface area contributed by atoms with Crippen LogP contribution in [0.25, 0.3) is 0 Å². The Morgan fingerprint density at radius 3 is 3.00 bits per heavy atom. The average Bonchev–Trinajstić information content (AvgIpc) is 2.69. The van der Waals surface area contributed by atoms with Crippen LogP contribution >= 0.6 is 11.6 Å². The molecule has 17 heavy (non-hydrogen) atoms. The quantitative estimate of drug-likeness (QED) is 0.773. The van der Waals surface area contributed by atoms with Gasteiger partial charge in [-0.1, -0.05) is 31.4 Å². The van der Waals surface area contributed by atoms with E-state index in [1.807, 2.05) is 6.92 Å². The summed E-state index contributed by atoms with van der Waals surface area (Å²) in [7, 11) is 0. The molecule has 1 aromatic heterocycles. The van der Waals surface area contributed by atoms with E-state index in [4.69, 9.17) is 11.6 Å². The van der Waals surface area contributed by atoms with Crippen molar-refractivity contribution in [3.63, 3.8) is 0 Å². The highest BCUT2D eigenvalue weighted by Gasteiger charge is 2.29. The van der Waals surface area contributed by atoms with Crippen molar-refractivity contribution >= 4 is 17.4 Å². The zero-order valence-electron chi connectivity index (χ0n) is 10.4. The average molecular weight is 255 g/mol. The van der Waals surface area contributed by atoms with Gasteiger partial charge in [-0.2, -0.15) is 5.10 Å². The summed E-state index contributed by atoms with van der Waals surface area (Å²) in [5.41, 5.74) is 0.605. The number of hydrogen-bond acceptors (Lipinski definition) is 2. The second-order valence-electron chi connectivity index (χ2n) is 4.99. The summed E-state index contributed by atoms with van der Waals surface area (Å²) < 4.78 is 1.71. The Labute approximate surface area is 107 Å². The highest BCUT2D eigenvalue weighted by molar-refractivity contribution is 6.33. The summed E-state index contributed by atoms with van der Waals surface area (Å²) in [5.74, 6) is 0.966. The van der Waals surface area contributed by atoms with Crippen molar-refractivity contribution in [2.24, 2.45) is 11.8 Å². The molecule has 1 heterocycles. The number of carbonyl (C=O) groups is 1. The van der Waals surface area contributed by atoms with Crippen LogP contribution in [0.4, 0.5) is 0 Å². The third kappa shape index (κ3) is 2.54. The number of aryl methyl sites for hydroxylation is 1. The second-order valence-corrected chi connectivity index (χ2v) is 5.40. The summed E-state index contributed by atoms with van der Waals surface area (Å²) in [6, 6.07) is 0. The number of ketones is 1. The van der Waals surface area contributed by atoms with Gasteiger partial charge in [-0.25, -0.2) is 0 Å². The maximum absolute atomic E-state index is 12.5. The van der Waals surface area contributed by atoms with Crippen LogP contribution in [-0.2, 0) is 6.54 Å². The third-order valence-electron chi connectivity index (χ3n) is 3.63. The molecule has 94 valence electrons. The number of halogens is 1. The van der Waals surface area contributed by atoms with Crippen molar-refractivity contribution in [1.82, 2.24) is 9.78 Å². The Kier molecular flexibility index (Phi) is 3.87. The first-order chi connectivity index (χ1) is 8.13. The van der Waals surface area contributed by atoms with Crippen LogP contribution < -0.4 is 0 Å². The molecule has 0 radical (unpaired) electrons. The highest BCUT2D eigenvalue weighted by atomic mass is 35.5. The number of aromatic nitrogens is 2. The van der Waals surface area contributed by atoms with Crippen LogP contribution in [-0.4, -0.2) is 15.6 Å². The largest absolute Gasteiger partial charge is 0.292 e. The van der Waals surface area contributed by atoms with E-state index in [0.717, 1.165) is 19.3 Å². The topological polar surface area (TPSA) is 34.9 Å². The third-order valence-corrected chi connectivity index (χ3v) is 3.91. The van der Waals surface area contributed by atoms with Crippen molar-refractivity contribution < 1.29 is 4.79 Å². The lowest BCUT2D eigenvalue weighted by atomic mass is 9.79. The molecule has 0 amide bonds. The molecule has 1 aromatic rings. The number of carbonyl (C=O) groups excluding carboxylic acids is 1. The monoisotopic (exact) mass is 254 g/mol. The molecule has 4 heteroatoms. The lowest BCUT2D eigenvalue weighted by Crippen LogP contribution is -2.24. The standard InChI is InChI=1S/C13H19ClN2O/c1-3-16-12(11(14)8-15-16)13(17)10-6-4-5-9(2)7-10/h8-10H,3-7H2,1-2H3. The first-order valence-corrected chi connectivity index (χ1v) is 6.76. The predicted molar refractivity (Wildman–Crippen MR) is 68.4 cm³/mol. The smallest absolute Gasteiger partial charge is 0.185 e. The van der Waals surface area contributed by atoms with Gasteiger partial charge in [-0.15, -0.1) is 0 Å². The number of nitrogens with zero attached hydrogens (tertiary/aromatic N) is 2. The molecule has 2 rings (SSSR count). The SMILES string of the molecule is CCn1ncc(Cl)c1C(=O)C1CCCC(C)C1. The zero-order valence-corrected chi connectivity index (χ0v) is 11.2. The molecule has 1 saturated carbocycles. The van der Waals surface area contributed by atoms with Crippen molar-refractivity contribution in [3.05, 3.63) is 16.9 Å².